The molecule has 2 amide bonds. The molecule has 0 heterocycles. The van der Waals surface area contributed by atoms with Crippen LogP contribution in [0.2, 0.25) is 5.02 Å². The molecule has 0 saturated heterocycles. The SMILES string of the molecule is Cc1ccc(S(=O)(=O)N(CC(=O)N(Cc2ccc(Br)cc2)[C@H](Cc2ccccc2)C(=O)NCC(C)C)c2ccc(Cl)cc2)cc1. The molecule has 0 radical (unpaired) electrons. The Bertz CT molecular complexity index is 1680. The standard InChI is InChI=1S/C35H37BrClN3O4S/c1-25(2)22-38-35(42)33(21-27-7-5-4-6-8-27)39(23-28-11-13-29(36)14-12-28)34(41)24-40(31-17-15-30(37)16-18-31)45(43,44)32-19-9-26(3)10-20-32/h4-20,25,33H,21-24H2,1-3H3,(H,38,42)/t33-/m1/s1. The van der Waals surface area contributed by atoms with Gasteiger partial charge in [-0.1, -0.05) is 102 Å². The number of carbonyl (C=O) groups is 2. The third-order valence-electron chi connectivity index (χ3n) is 7.22. The Labute approximate surface area is 279 Å². The summed E-state index contributed by atoms with van der Waals surface area (Å²) in [6, 6.07) is 28.8. The number of nitrogens with one attached hydrogen (secondary N) is 1. The molecular formula is C35H37BrClN3O4S. The smallest absolute Gasteiger partial charge is 0.264 e. The van der Waals surface area contributed by atoms with Crippen LogP contribution >= 0.6 is 27.5 Å². The van der Waals surface area contributed by atoms with E-state index < -0.39 is 28.5 Å². The first kappa shape index (κ1) is 34.2. The lowest BCUT2D eigenvalue weighted by molar-refractivity contribution is -0.140. The van der Waals surface area contributed by atoms with Gasteiger partial charge in [-0.3, -0.25) is 13.9 Å². The topological polar surface area (TPSA) is 86.8 Å². The lowest BCUT2D eigenvalue weighted by atomic mass is 10.0. The Morgan fingerprint density at radius 2 is 1.47 bits per heavy atom. The number of nitrogens with zero attached hydrogens (tertiary/aromatic N) is 2. The number of hydrogen-bond donors (Lipinski definition) is 1. The van der Waals surface area contributed by atoms with E-state index in [1.165, 1.54) is 17.0 Å². The van der Waals surface area contributed by atoms with Crippen molar-refractivity contribution >= 4 is 55.1 Å². The maximum Gasteiger partial charge on any atom is 0.264 e. The van der Waals surface area contributed by atoms with E-state index in [1.807, 2.05) is 75.4 Å². The quantitative estimate of drug-likeness (QED) is 0.162. The molecule has 236 valence electrons. The van der Waals surface area contributed by atoms with Gasteiger partial charge >= 0.3 is 0 Å². The molecule has 45 heavy (non-hydrogen) atoms. The minimum absolute atomic E-state index is 0.0471. The Morgan fingerprint density at radius 3 is 2.07 bits per heavy atom. The first-order valence-corrected chi connectivity index (χ1v) is 17.3. The number of anilines is 1. The third kappa shape index (κ3) is 9.42. The highest BCUT2D eigenvalue weighted by Crippen LogP contribution is 2.27. The molecule has 1 N–H and O–H groups in total. The molecule has 0 aliphatic rings. The molecule has 0 fully saturated rings. The zero-order valence-corrected chi connectivity index (χ0v) is 28.6. The highest BCUT2D eigenvalue weighted by atomic mass is 79.9. The molecule has 4 aromatic carbocycles. The largest absolute Gasteiger partial charge is 0.354 e. The second-order valence-electron chi connectivity index (χ2n) is 11.3. The third-order valence-corrected chi connectivity index (χ3v) is 9.79. The van der Waals surface area contributed by atoms with Gasteiger partial charge in [-0.2, -0.15) is 0 Å². The molecule has 4 aromatic rings. The second-order valence-corrected chi connectivity index (χ2v) is 14.5. The van der Waals surface area contributed by atoms with Crippen LogP contribution in [0.4, 0.5) is 5.69 Å². The van der Waals surface area contributed by atoms with Gasteiger partial charge in [0.25, 0.3) is 10.0 Å². The Morgan fingerprint density at radius 1 is 0.844 bits per heavy atom. The summed E-state index contributed by atoms with van der Waals surface area (Å²) < 4.78 is 30.1. The Balaban J connectivity index is 1.79. The lowest BCUT2D eigenvalue weighted by Gasteiger charge is -2.34. The fourth-order valence-electron chi connectivity index (χ4n) is 4.74. The summed E-state index contributed by atoms with van der Waals surface area (Å²) in [5.74, 6) is -0.636. The number of sulfonamides is 1. The molecule has 0 unspecified atom stereocenters. The first-order valence-electron chi connectivity index (χ1n) is 14.6. The lowest BCUT2D eigenvalue weighted by Crippen LogP contribution is -2.53. The molecule has 0 aliphatic carbocycles. The molecule has 4 rings (SSSR count). The Kier molecular flexibility index (Phi) is 11.8. The summed E-state index contributed by atoms with van der Waals surface area (Å²) in [6.45, 7) is 5.86. The summed E-state index contributed by atoms with van der Waals surface area (Å²) in [7, 11) is -4.18. The Hall–Kier alpha value is -3.66. The van der Waals surface area contributed by atoms with Crippen molar-refractivity contribution in [1.82, 2.24) is 10.2 Å². The van der Waals surface area contributed by atoms with Gasteiger partial charge < -0.3 is 10.2 Å². The van der Waals surface area contributed by atoms with E-state index in [0.29, 0.717) is 11.6 Å². The van der Waals surface area contributed by atoms with Crippen LogP contribution in [0.25, 0.3) is 0 Å². The monoisotopic (exact) mass is 709 g/mol. The summed E-state index contributed by atoms with van der Waals surface area (Å²) in [6.07, 6.45) is 0.249. The van der Waals surface area contributed by atoms with Gasteiger partial charge in [-0.05, 0) is 72.5 Å². The number of benzene rings is 4. The molecular weight excluding hydrogens is 674 g/mol. The maximum absolute atomic E-state index is 14.5. The summed E-state index contributed by atoms with van der Waals surface area (Å²) >= 11 is 9.59. The van der Waals surface area contributed by atoms with Crippen LogP contribution in [0.5, 0.6) is 0 Å². The van der Waals surface area contributed by atoms with Crippen LogP contribution in [0.3, 0.4) is 0 Å². The highest BCUT2D eigenvalue weighted by molar-refractivity contribution is 9.10. The zero-order chi connectivity index (χ0) is 32.6. The summed E-state index contributed by atoms with van der Waals surface area (Å²) in [4.78, 5) is 29.8. The van der Waals surface area contributed by atoms with Gasteiger partial charge in [-0.25, -0.2) is 8.42 Å². The molecule has 0 bridgehead atoms. The van der Waals surface area contributed by atoms with E-state index in [9.17, 15) is 18.0 Å². The number of halogens is 2. The van der Waals surface area contributed by atoms with Crippen LogP contribution in [-0.2, 0) is 32.6 Å². The van der Waals surface area contributed by atoms with Crippen molar-refractivity contribution < 1.29 is 18.0 Å². The van der Waals surface area contributed by atoms with Crippen molar-refractivity contribution in [2.75, 3.05) is 17.4 Å². The van der Waals surface area contributed by atoms with E-state index >= 15 is 0 Å². The van der Waals surface area contributed by atoms with Crippen LogP contribution < -0.4 is 9.62 Å². The fraction of sp³-hybridized carbons (Fsp3) is 0.257. The molecule has 0 spiro atoms. The van der Waals surface area contributed by atoms with Gasteiger partial charge in [0.2, 0.25) is 11.8 Å². The fourth-order valence-corrected chi connectivity index (χ4v) is 6.54. The van der Waals surface area contributed by atoms with E-state index in [0.717, 1.165) is 25.5 Å². The van der Waals surface area contributed by atoms with Gasteiger partial charge in [0.15, 0.2) is 0 Å². The minimum Gasteiger partial charge on any atom is -0.354 e. The van der Waals surface area contributed by atoms with E-state index in [-0.39, 0.29) is 35.4 Å². The molecule has 1 atom stereocenters. The normalized spacial score (nSPS) is 12.0. The van der Waals surface area contributed by atoms with E-state index in [2.05, 4.69) is 21.2 Å². The van der Waals surface area contributed by atoms with Crippen molar-refractivity contribution in [2.45, 2.75) is 44.7 Å². The predicted octanol–water partition coefficient (Wildman–Crippen LogP) is 7.02. The minimum atomic E-state index is -4.18. The molecule has 10 heteroatoms. The average Bonchev–Trinajstić information content (AvgIpc) is 3.02. The van der Waals surface area contributed by atoms with Crippen molar-refractivity contribution in [3.8, 4) is 0 Å². The van der Waals surface area contributed by atoms with Crippen LogP contribution in [0.15, 0.2) is 112 Å². The molecule has 7 nitrogen and oxygen atoms in total. The van der Waals surface area contributed by atoms with Gasteiger partial charge in [0.05, 0.1) is 10.6 Å². The predicted molar refractivity (Wildman–Crippen MR) is 184 cm³/mol. The van der Waals surface area contributed by atoms with Crippen LogP contribution in [0.1, 0.15) is 30.5 Å². The second kappa shape index (κ2) is 15.6. The number of rotatable bonds is 13. The van der Waals surface area contributed by atoms with E-state index in [1.54, 1.807) is 36.4 Å². The van der Waals surface area contributed by atoms with Crippen molar-refractivity contribution in [2.24, 2.45) is 5.92 Å². The number of hydrogen-bond acceptors (Lipinski definition) is 4. The zero-order valence-electron chi connectivity index (χ0n) is 25.5. The van der Waals surface area contributed by atoms with Crippen LogP contribution in [-0.4, -0.2) is 44.3 Å². The first-order chi connectivity index (χ1) is 21.4. The molecule has 0 aliphatic heterocycles. The highest BCUT2D eigenvalue weighted by Gasteiger charge is 2.34. The van der Waals surface area contributed by atoms with Gasteiger partial charge in [0, 0.05) is 29.0 Å². The number of aryl methyl sites for hydroxylation is 1. The van der Waals surface area contributed by atoms with Crippen LogP contribution in [0, 0.1) is 12.8 Å². The average molecular weight is 711 g/mol. The number of amides is 2. The maximum atomic E-state index is 14.5. The van der Waals surface area contributed by atoms with Gasteiger partial charge in [-0.15, -0.1) is 0 Å². The molecule has 0 aromatic heterocycles. The van der Waals surface area contributed by atoms with Gasteiger partial charge in [0.1, 0.15) is 12.6 Å². The molecule has 0 saturated carbocycles. The summed E-state index contributed by atoms with van der Waals surface area (Å²) in [5, 5.41) is 3.43. The van der Waals surface area contributed by atoms with Crippen molar-refractivity contribution in [3.05, 3.63) is 129 Å². The summed E-state index contributed by atoms with van der Waals surface area (Å²) in [5.41, 5.74) is 2.85. The number of carbonyl (C=O) groups excluding carboxylic acids is 2. The van der Waals surface area contributed by atoms with Crippen molar-refractivity contribution in [1.29, 1.82) is 0 Å². The van der Waals surface area contributed by atoms with E-state index in [4.69, 9.17) is 11.6 Å². The van der Waals surface area contributed by atoms with Crippen molar-refractivity contribution in [3.63, 3.8) is 0 Å².